The van der Waals surface area contributed by atoms with Crippen LogP contribution in [0.5, 0.6) is 0 Å². The van der Waals surface area contributed by atoms with Crippen molar-refractivity contribution in [3.8, 4) is 11.5 Å². The molecule has 5 rings (SSSR count). The zero-order valence-corrected chi connectivity index (χ0v) is 20.0. The lowest BCUT2D eigenvalue weighted by Gasteiger charge is -2.28. The molecule has 0 aliphatic carbocycles. The topological polar surface area (TPSA) is 102 Å². The Morgan fingerprint density at radius 2 is 1.83 bits per heavy atom. The number of aromatic nitrogens is 1. The number of oxazole rings is 1. The van der Waals surface area contributed by atoms with Crippen LogP contribution in [0.25, 0.3) is 22.6 Å². The molecule has 0 spiro atoms. The van der Waals surface area contributed by atoms with Crippen molar-refractivity contribution >= 4 is 57.3 Å². The second-order valence-corrected chi connectivity index (χ2v) is 9.13. The number of nitro benzene ring substituents is 1. The zero-order chi connectivity index (χ0) is 24.5. The lowest BCUT2D eigenvalue weighted by molar-refractivity contribution is -0.384. The molecule has 1 N–H and O–H groups in total. The standard InChI is InChI=1S/C25H20Cl2N4O4/c26-16-5-9-23-20(13-16)29-25(35-23)18-14-17(6-7-19(18)27)28-24(32)15-4-8-21(22(12-15)31(33)34)30-10-2-1-3-11-30/h4-9,12-14H,1-3,10-11H2,(H,28,32). The summed E-state index contributed by atoms with van der Waals surface area (Å²) in [6.07, 6.45) is 3.10. The fourth-order valence-electron chi connectivity index (χ4n) is 4.20. The molecule has 1 aliphatic heterocycles. The Morgan fingerprint density at radius 1 is 1.03 bits per heavy atom. The maximum absolute atomic E-state index is 13.0. The van der Waals surface area contributed by atoms with Crippen LogP contribution in [-0.4, -0.2) is 28.9 Å². The lowest BCUT2D eigenvalue weighted by atomic mass is 10.1. The molecule has 4 aromatic rings. The van der Waals surface area contributed by atoms with Gasteiger partial charge in [0.1, 0.15) is 11.2 Å². The highest BCUT2D eigenvalue weighted by molar-refractivity contribution is 6.33. The van der Waals surface area contributed by atoms with E-state index in [1.807, 2.05) is 4.90 Å². The highest BCUT2D eigenvalue weighted by atomic mass is 35.5. The fourth-order valence-corrected chi connectivity index (χ4v) is 4.56. The van der Waals surface area contributed by atoms with Crippen molar-refractivity contribution in [2.24, 2.45) is 0 Å². The summed E-state index contributed by atoms with van der Waals surface area (Å²) in [5.41, 5.74) is 2.71. The summed E-state index contributed by atoms with van der Waals surface area (Å²) in [6.45, 7) is 1.53. The predicted octanol–water partition coefficient (Wildman–Crippen LogP) is 6.95. The van der Waals surface area contributed by atoms with Crippen molar-refractivity contribution < 1.29 is 14.1 Å². The molecule has 0 atom stereocenters. The van der Waals surface area contributed by atoms with Gasteiger partial charge in [-0.05, 0) is 67.8 Å². The molecule has 0 bridgehead atoms. The average molecular weight is 511 g/mol. The number of nitro groups is 1. The third kappa shape index (κ3) is 4.80. The van der Waals surface area contributed by atoms with Crippen LogP contribution in [0.4, 0.5) is 17.1 Å². The van der Waals surface area contributed by atoms with E-state index in [-0.39, 0.29) is 17.1 Å². The van der Waals surface area contributed by atoms with Crippen LogP contribution in [0, 0.1) is 10.1 Å². The first-order chi connectivity index (χ1) is 16.9. The number of nitrogens with zero attached hydrogens (tertiary/aromatic N) is 3. The average Bonchev–Trinajstić information content (AvgIpc) is 3.28. The van der Waals surface area contributed by atoms with Crippen molar-refractivity contribution in [1.29, 1.82) is 0 Å². The molecule has 1 amide bonds. The van der Waals surface area contributed by atoms with Gasteiger partial charge in [-0.15, -0.1) is 0 Å². The second kappa shape index (κ2) is 9.56. The Kier molecular flexibility index (Phi) is 6.32. The summed E-state index contributed by atoms with van der Waals surface area (Å²) in [5, 5.41) is 15.4. The molecule has 10 heteroatoms. The molecule has 2 heterocycles. The van der Waals surface area contributed by atoms with E-state index < -0.39 is 10.8 Å². The molecule has 178 valence electrons. The van der Waals surface area contributed by atoms with E-state index in [0.29, 0.717) is 38.1 Å². The number of nitrogens with one attached hydrogen (secondary N) is 1. The van der Waals surface area contributed by atoms with Gasteiger partial charge in [0, 0.05) is 35.4 Å². The molecule has 1 aromatic heterocycles. The van der Waals surface area contributed by atoms with Crippen LogP contribution < -0.4 is 10.2 Å². The molecular weight excluding hydrogens is 491 g/mol. The third-order valence-electron chi connectivity index (χ3n) is 5.94. The number of carbonyl (C=O) groups excluding carboxylic acids is 1. The molecular formula is C25H20Cl2N4O4. The highest BCUT2D eigenvalue weighted by Gasteiger charge is 2.23. The summed E-state index contributed by atoms with van der Waals surface area (Å²) in [7, 11) is 0. The minimum atomic E-state index is -0.476. The van der Waals surface area contributed by atoms with Crippen LogP contribution in [0.15, 0.2) is 59.0 Å². The van der Waals surface area contributed by atoms with Crippen LogP contribution in [-0.2, 0) is 0 Å². The van der Waals surface area contributed by atoms with Gasteiger partial charge in [-0.25, -0.2) is 4.98 Å². The summed E-state index contributed by atoms with van der Waals surface area (Å²) in [5.74, 6) is -0.194. The van der Waals surface area contributed by atoms with Crippen molar-refractivity contribution in [2.45, 2.75) is 19.3 Å². The first kappa shape index (κ1) is 23.1. The Hall–Kier alpha value is -3.62. The van der Waals surface area contributed by atoms with E-state index in [4.69, 9.17) is 27.6 Å². The van der Waals surface area contributed by atoms with Crippen molar-refractivity contribution in [3.05, 3.63) is 80.3 Å². The minimum Gasteiger partial charge on any atom is -0.436 e. The number of hydrogen-bond donors (Lipinski definition) is 1. The van der Waals surface area contributed by atoms with Crippen LogP contribution in [0.3, 0.4) is 0 Å². The Bertz CT molecular complexity index is 1450. The van der Waals surface area contributed by atoms with Gasteiger partial charge in [0.05, 0.1) is 15.5 Å². The number of halogens is 2. The summed E-state index contributed by atoms with van der Waals surface area (Å²) in [4.78, 5) is 30.7. The number of anilines is 2. The van der Waals surface area contributed by atoms with E-state index in [1.54, 1.807) is 48.5 Å². The molecule has 0 saturated carbocycles. The Labute approximate surface area is 210 Å². The Balaban J connectivity index is 1.41. The van der Waals surface area contributed by atoms with Gasteiger partial charge in [0.15, 0.2) is 5.58 Å². The number of hydrogen-bond acceptors (Lipinski definition) is 6. The molecule has 8 nitrogen and oxygen atoms in total. The first-order valence-electron chi connectivity index (χ1n) is 11.1. The van der Waals surface area contributed by atoms with E-state index in [9.17, 15) is 14.9 Å². The highest BCUT2D eigenvalue weighted by Crippen LogP contribution is 2.34. The minimum absolute atomic E-state index is 0.0820. The van der Waals surface area contributed by atoms with Crippen LogP contribution in [0.1, 0.15) is 29.6 Å². The number of fused-ring (bicyclic) bond motifs is 1. The maximum atomic E-state index is 13.0. The summed E-state index contributed by atoms with van der Waals surface area (Å²) in [6, 6.07) is 14.6. The smallest absolute Gasteiger partial charge is 0.293 e. The van der Waals surface area contributed by atoms with Crippen molar-refractivity contribution in [2.75, 3.05) is 23.3 Å². The van der Waals surface area contributed by atoms with E-state index >= 15 is 0 Å². The molecule has 3 aromatic carbocycles. The fraction of sp³-hybridized carbons (Fsp3) is 0.200. The van der Waals surface area contributed by atoms with Crippen molar-refractivity contribution in [1.82, 2.24) is 4.98 Å². The van der Waals surface area contributed by atoms with Crippen LogP contribution >= 0.6 is 23.2 Å². The monoisotopic (exact) mass is 510 g/mol. The molecule has 1 fully saturated rings. The largest absolute Gasteiger partial charge is 0.436 e. The van der Waals surface area contributed by atoms with E-state index in [0.717, 1.165) is 32.4 Å². The maximum Gasteiger partial charge on any atom is 0.293 e. The van der Waals surface area contributed by atoms with E-state index in [2.05, 4.69) is 10.3 Å². The first-order valence-corrected chi connectivity index (χ1v) is 11.9. The Morgan fingerprint density at radius 3 is 2.60 bits per heavy atom. The molecule has 35 heavy (non-hydrogen) atoms. The van der Waals surface area contributed by atoms with E-state index in [1.165, 1.54) is 6.07 Å². The van der Waals surface area contributed by atoms with Crippen LogP contribution in [0.2, 0.25) is 10.0 Å². The third-order valence-corrected chi connectivity index (χ3v) is 6.50. The molecule has 1 aliphatic rings. The van der Waals surface area contributed by atoms with Gasteiger partial charge in [-0.3, -0.25) is 14.9 Å². The van der Waals surface area contributed by atoms with Crippen molar-refractivity contribution in [3.63, 3.8) is 0 Å². The number of amides is 1. The number of benzene rings is 3. The normalized spacial score (nSPS) is 13.7. The van der Waals surface area contributed by atoms with Gasteiger partial charge in [0.2, 0.25) is 5.89 Å². The van der Waals surface area contributed by atoms with Gasteiger partial charge in [-0.2, -0.15) is 0 Å². The number of rotatable bonds is 5. The SMILES string of the molecule is O=C(Nc1ccc(Cl)c(-c2nc3cc(Cl)ccc3o2)c1)c1ccc(N2CCCCC2)c([N+](=O)[O-])c1. The predicted molar refractivity (Wildman–Crippen MR) is 137 cm³/mol. The second-order valence-electron chi connectivity index (χ2n) is 8.29. The molecule has 0 radical (unpaired) electrons. The quantitative estimate of drug-likeness (QED) is 0.230. The lowest BCUT2D eigenvalue weighted by Crippen LogP contribution is -2.30. The van der Waals surface area contributed by atoms with Gasteiger partial charge >= 0.3 is 0 Å². The zero-order valence-electron chi connectivity index (χ0n) is 18.5. The number of piperidine rings is 1. The summed E-state index contributed by atoms with van der Waals surface area (Å²) < 4.78 is 5.80. The van der Waals surface area contributed by atoms with Gasteiger partial charge in [0.25, 0.3) is 11.6 Å². The van der Waals surface area contributed by atoms with Gasteiger partial charge in [-0.1, -0.05) is 23.2 Å². The number of carbonyl (C=O) groups is 1. The summed E-state index contributed by atoms with van der Waals surface area (Å²) >= 11 is 12.4. The molecule has 1 saturated heterocycles. The molecule has 0 unspecified atom stereocenters. The van der Waals surface area contributed by atoms with Gasteiger partial charge < -0.3 is 14.6 Å².